The van der Waals surface area contributed by atoms with Gasteiger partial charge in [-0.25, -0.2) is 0 Å². The largest absolute Gasteiger partial charge is 0.492 e. The van der Waals surface area contributed by atoms with Gasteiger partial charge in [0.1, 0.15) is 18.5 Å². The van der Waals surface area contributed by atoms with Gasteiger partial charge < -0.3 is 20.3 Å². The Kier molecular flexibility index (Phi) is 8.89. The molecule has 0 aromatic heterocycles. The van der Waals surface area contributed by atoms with Crippen molar-refractivity contribution >= 4 is 18.5 Å². The molecule has 1 amide bonds. The Bertz CT molecular complexity index is 411. The SMILES string of the molecule is O=C(NCCOc1ccc(CS)cc1)C(O)CCCCO. The van der Waals surface area contributed by atoms with Gasteiger partial charge in [-0.15, -0.1) is 0 Å². The normalized spacial score (nSPS) is 12.0. The van der Waals surface area contributed by atoms with Gasteiger partial charge >= 0.3 is 0 Å². The molecule has 1 aromatic carbocycles. The molecule has 118 valence electrons. The maximum Gasteiger partial charge on any atom is 0.248 e. The van der Waals surface area contributed by atoms with E-state index in [0.29, 0.717) is 38.2 Å². The van der Waals surface area contributed by atoms with E-state index in [9.17, 15) is 9.90 Å². The summed E-state index contributed by atoms with van der Waals surface area (Å²) in [5.41, 5.74) is 1.12. The van der Waals surface area contributed by atoms with Crippen molar-refractivity contribution in [2.24, 2.45) is 0 Å². The Balaban J connectivity index is 2.16. The van der Waals surface area contributed by atoms with Crippen molar-refractivity contribution in [3.8, 4) is 5.75 Å². The summed E-state index contributed by atoms with van der Waals surface area (Å²) < 4.78 is 5.48. The van der Waals surface area contributed by atoms with E-state index in [0.717, 1.165) is 11.3 Å². The third-order valence-corrected chi connectivity index (χ3v) is 3.33. The van der Waals surface area contributed by atoms with Crippen LogP contribution in [0.2, 0.25) is 0 Å². The fraction of sp³-hybridized carbons (Fsp3) is 0.533. The third-order valence-electron chi connectivity index (χ3n) is 2.96. The lowest BCUT2D eigenvalue weighted by atomic mass is 10.1. The molecule has 0 fully saturated rings. The molecule has 0 aliphatic heterocycles. The number of aliphatic hydroxyl groups excluding tert-OH is 2. The summed E-state index contributed by atoms with van der Waals surface area (Å²) in [7, 11) is 0. The van der Waals surface area contributed by atoms with Crippen LogP contribution in [-0.2, 0) is 10.5 Å². The fourth-order valence-corrected chi connectivity index (χ4v) is 1.94. The zero-order valence-electron chi connectivity index (χ0n) is 12.0. The van der Waals surface area contributed by atoms with Gasteiger partial charge in [-0.05, 0) is 37.0 Å². The number of carbonyl (C=O) groups is 1. The third kappa shape index (κ3) is 7.36. The molecular formula is C15H23NO4S. The number of aliphatic hydroxyl groups is 2. The van der Waals surface area contributed by atoms with Crippen LogP contribution in [0.4, 0.5) is 0 Å². The topological polar surface area (TPSA) is 78.8 Å². The van der Waals surface area contributed by atoms with Crippen molar-refractivity contribution < 1.29 is 19.7 Å². The van der Waals surface area contributed by atoms with Crippen LogP contribution in [-0.4, -0.2) is 42.0 Å². The van der Waals surface area contributed by atoms with Gasteiger partial charge in [0.05, 0.1) is 6.54 Å². The second-order valence-electron chi connectivity index (χ2n) is 4.68. The van der Waals surface area contributed by atoms with Crippen LogP contribution in [0.3, 0.4) is 0 Å². The Morgan fingerprint density at radius 1 is 1.29 bits per heavy atom. The Labute approximate surface area is 130 Å². The highest BCUT2D eigenvalue weighted by molar-refractivity contribution is 7.79. The summed E-state index contributed by atoms with van der Waals surface area (Å²) in [5, 5.41) is 20.8. The molecule has 1 unspecified atom stereocenters. The van der Waals surface area contributed by atoms with Crippen molar-refractivity contribution in [2.45, 2.75) is 31.1 Å². The van der Waals surface area contributed by atoms with E-state index in [-0.39, 0.29) is 6.61 Å². The fourth-order valence-electron chi connectivity index (χ4n) is 1.73. The molecule has 1 aromatic rings. The number of unbranched alkanes of at least 4 members (excludes halogenated alkanes) is 1. The first-order valence-corrected chi connectivity index (χ1v) is 7.70. The van der Waals surface area contributed by atoms with Crippen LogP contribution in [0.15, 0.2) is 24.3 Å². The van der Waals surface area contributed by atoms with Crippen molar-refractivity contribution in [1.29, 1.82) is 0 Å². The number of hydrogen-bond donors (Lipinski definition) is 4. The average molecular weight is 313 g/mol. The smallest absolute Gasteiger partial charge is 0.248 e. The molecule has 0 saturated carbocycles. The first-order chi connectivity index (χ1) is 10.2. The van der Waals surface area contributed by atoms with Crippen molar-refractivity contribution in [2.75, 3.05) is 19.8 Å². The lowest BCUT2D eigenvalue weighted by Gasteiger charge is -2.11. The number of hydrogen-bond acceptors (Lipinski definition) is 5. The molecule has 0 saturated heterocycles. The molecule has 5 nitrogen and oxygen atoms in total. The zero-order valence-corrected chi connectivity index (χ0v) is 12.9. The number of rotatable bonds is 10. The Hall–Kier alpha value is -1.24. The van der Waals surface area contributed by atoms with Crippen LogP contribution >= 0.6 is 12.6 Å². The van der Waals surface area contributed by atoms with Crippen molar-refractivity contribution in [3.05, 3.63) is 29.8 Å². The second-order valence-corrected chi connectivity index (χ2v) is 4.99. The van der Waals surface area contributed by atoms with Crippen molar-refractivity contribution in [1.82, 2.24) is 5.32 Å². The molecule has 3 N–H and O–H groups in total. The van der Waals surface area contributed by atoms with Crippen molar-refractivity contribution in [3.63, 3.8) is 0 Å². The lowest BCUT2D eigenvalue weighted by Crippen LogP contribution is -2.36. The number of ether oxygens (including phenoxy) is 1. The van der Waals surface area contributed by atoms with E-state index in [4.69, 9.17) is 9.84 Å². The van der Waals surface area contributed by atoms with E-state index in [1.165, 1.54) is 0 Å². The molecule has 0 spiro atoms. The maximum atomic E-state index is 11.5. The number of amides is 1. The molecule has 0 bridgehead atoms. The minimum atomic E-state index is -1.02. The summed E-state index contributed by atoms with van der Waals surface area (Å²) in [5.74, 6) is 1.02. The van der Waals surface area contributed by atoms with Crippen LogP contribution in [0.5, 0.6) is 5.75 Å². The minimum Gasteiger partial charge on any atom is -0.492 e. The molecular weight excluding hydrogens is 290 g/mol. The van der Waals surface area contributed by atoms with E-state index in [1.54, 1.807) is 0 Å². The van der Waals surface area contributed by atoms with Gasteiger partial charge in [0.25, 0.3) is 0 Å². The van der Waals surface area contributed by atoms with Crippen LogP contribution in [0.25, 0.3) is 0 Å². The Morgan fingerprint density at radius 3 is 2.62 bits per heavy atom. The Morgan fingerprint density at radius 2 is 2.00 bits per heavy atom. The molecule has 6 heteroatoms. The van der Waals surface area contributed by atoms with E-state index in [2.05, 4.69) is 17.9 Å². The standard InChI is InChI=1S/C15H23NO4S/c17-9-2-1-3-14(18)15(19)16-8-10-20-13-6-4-12(11-21)5-7-13/h4-7,14,17-18,21H,1-3,8-11H2,(H,16,19). The predicted molar refractivity (Wildman–Crippen MR) is 84.6 cm³/mol. The predicted octanol–water partition coefficient (Wildman–Crippen LogP) is 1.13. The minimum absolute atomic E-state index is 0.0776. The highest BCUT2D eigenvalue weighted by Gasteiger charge is 2.13. The van der Waals surface area contributed by atoms with E-state index >= 15 is 0 Å². The maximum absolute atomic E-state index is 11.5. The summed E-state index contributed by atoms with van der Waals surface area (Å²) in [6, 6.07) is 7.59. The van der Waals surface area contributed by atoms with Gasteiger partial charge in [-0.1, -0.05) is 12.1 Å². The first kappa shape index (κ1) is 17.8. The summed E-state index contributed by atoms with van der Waals surface area (Å²) in [6.45, 7) is 0.758. The summed E-state index contributed by atoms with van der Waals surface area (Å²) in [6.07, 6.45) is 0.555. The summed E-state index contributed by atoms with van der Waals surface area (Å²) >= 11 is 4.18. The number of thiol groups is 1. The molecule has 0 radical (unpaired) electrons. The molecule has 1 atom stereocenters. The highest BCUT2D eigenvalue weighted by Crippen LogP contribution is 2.13. The quantitative estimate of drug-likeness (QED) is 0.386. The molecule has 0 heterocycles. The van der Waals surface area contributed by atoms with E-state index in [1.807, 2.05) is 24.3 Å². The van der Waals surface area contributed by atoms with Crippen LogP contribution in [0, 0.1) is 0 Å². The number of benzene rings is 1. The molecule has 21 heavy (non-hydrogen) atoms. The monoisotopic (exact) mass is 313 g/mol. The number of carbonyl (C=O) groups excluding carboxylic acids is 1. The lowest BCUT2D eigenvalue weighted by molar-refractivity contribution is -0.129. The van der Waals surface area contributed by atoms with Gasteiger partial charge in [0.2, 0.25) is 5.91 Å². The number of nitrogens with one attached hydrogen (secondary N) is 1. The second kappa shape index (κ2) is 10.5. The molecule has 0 aliphatic rings. The van der Waals surface area contributed by atoms with Gasteiger partial charge in [0.15, 0.2) is 0 Å². The van der Waals surface area contributed by atoms with Gasteiger partial charge in [0, 0.05) is 12.4 Å². The highest BCUT2D eigenvalue weighted by atomic mass is 32.1. The van der Waals surface area contributed by atoms with Crippen LogP contribution < -0.4 is 10.1 Å². The summed E-state index contributed by atoms with van der Waals surface area (Å²) in [4.78, 5) is 11.5. The van der Waals surface area contributed by atoms with E-state index < -0.39 is 12.0 Å². The van der Waals surface area contributed by atoms with Gasteiger partial charge in [-0.2, -0.15) is 12.6 Å². The van der Waals surface area contributed by atoms with Crippen LogP contribution in [0.1, 0.15) is 24.8 Å². The van der Waals surface area contributed by atoms with Gasteiger partial charge in [-0.3, -0.25) is 4.79 Å². The first-order valence-electron chi connectivity index (χ1n) is 7.06. The zero-order chi connectivity index (χ0) is 15.5. The average Bonchev–Trinajstić information content (AvgIpc) is 2.52. The molecule has 1 rings (SSSR count). The molecule has 0 aliphatic carbocycles.